The van der Waals surface area contributed by atoms with Crippen LogP contribution in [0.25, 0.3) is 0 Å². The molecule has 0 radical (unpaired) electrons. The summed E-state index contributed by atoms with van der Waals surface area (Å²) in [6, 6.07) is 5.87. The van der Waals surface area contributed by atoms with E-state index in [1.165, 1.54) is 0 Å². The first-order chi connectivity index (χ1) is 10.4. The van der Waals surface area contributed by atoms with Gasteiger partial charge in [-0.05, 0) is 25.0 Å². The molecule has 0 aliphatic carbocycles. The van der Waals surface area contributed by atoms with Gasteiger partial charge in [-0.25, -0.2) is 0 Å². The lowest BCUT2D eigenvalue weighted by Gasteiger charge is -2.13. The standard InChI is InChI=1S/C15H24N4O2/c1-16-15(19-11-13-5-2-3-7-17-13)18-8-4-9-21-14-6-10-20-12-14/h2-3,5,7,14H,4,6,8-12H2,1H3,(H2,16,18,19). The quantitative estimate of drug-likeness (QED) is 0.445. The predicted molar refractivity (Wildman–Crippen MR) is 82.2 cm³/mol. The average molecular weight is 292 g/mol. The molecular weight excluding hydrogens is 268 g/mol. The molecule has 116 valence electrons. The lowest BCUT2D eigenvalue weighted by molar-refractivity contribution is 0.0420. The van der Waals surface area contributed by atoms with Crippen LogP contribution in [-0.4, -0.2) is 50.5 Å². The van der Waals surface area contributed by atoms with Gasteiger partial charge in [0.25, 0.3) is 0 Å². The highest BCUT2D eigenvalue weighted by atomic mass is 16.5. The predicted octanol–water partition coefficient (Wildman–Crippen LogP) is 0.942. The van der Waals surface area contributed by atoms with Crippen LogP contribution in [0.5, 0.6) is 0 Å². The Labute approximate surface area is 126 Å². The zero-order valence-corrected chi connectivity index (χ0v) is 12.5. The van der Waals surface area contributed by atoms with Crippen LogP contribution in [0.15, 0.2) is 29.4 Å². The van der Waals surface area contributed by atoms with E-state index in [9.17, 15) is 0 Å². The van der Waals surface area contributed by atoms with Gasteiger partial charge in [0.15, 0.2) is 5.96 Å². The third-order valence-electron chi connectivity index (χ3n) is 3.24. The van der Waals surface area contributed by atoms with Crippen LogP contribution < -0.4 is 10.6 Å². The fourth-order valence-corrected chi connectivity index (χ4v) is 2.07. The molecule has 0 spiro atoms. The number of aliphatic imine (C=N–C) groups is 1. The van der Waals surface area contributed by atoms with Gasteiger partial charge < -0.3 is 20.1 Å². The van der Waals surface area contributed by atoms with Gasteiger partial charge in [0.2, 0.25) is 0 Å². The lowest BCUT2D eigenvalue weighted by atomic mass is 10.3. The van der Waals surface area contributed by atoms with Crippen molar-refractivity contribution in [2.75, 3.05) is 33.4 Å². The van der Waals surface area contributed by atoms with Crippen LogP contribution in [-0.2, 0) is 16.0 Å². The molecule has 1 saturated heterocycles. The van der Waals surface area contributed by atoms with Gasteiger partial charge in [-0.1, -0.05) is 6.07 Å². The van der Waals surface area contributed by atoms with Gasteiger partial charge >= 0.3 is 0 Å². The van der Waals surface area contributed by atoms with Crippen molar-refractivity contribution in [3.05, 3.63) is 30.1 Å². The van der Waals surface area contributed by atoms with Gasteiger partial charge in [0, 0.05) is 33.0 Å². The van der Waals surface area contributed by atoms with Gasteiger partial charge in [0.05, 0.1) is 24.9 Å². The van der Waals surface area contributed by atoms with Crippen molar-refractivity contribution in [3.8, 4) is 0 Å². The minimum atomic E-state index is 0.284. The summed E-state index contributed by atoms with van der Waals surface area (Å²) in [6.45, 7) is 3.80. The van der Waals surface area contributed by atoms with E-state index >= 15 is 0 Å². The van der Waals surface area contributed by atoms with E-state index in [4.69, 9.17) is 9.47 Å². The van der Waals surface area contributed by atoms with Crippen molar-refractivity contribution < 1.29 is 9.47 Å². The Hall–Kier alpha value is -1.66. The van der Waals surface area contributed by atoms with Crippen LogP contribution in [0.1, 0.15) is 18.5 Å². The Kier molecular flexibility index (Phi) is 6.97. The first kappa shape index (κ1) is 15.7. The van der Waals surface area contributed by atoms with Crippen molar-refractivity contribution in [3.63, 3.8) is 0 Å². The van der Waals surface area contributed by atoms with E-state index < -0.39 is 0 Å². The number of hydrogen-bond donors (Lipinski definition) is 2. The number of pyridine rings is 1. The largest absolute Gasteiger partial charge is 0.379 e. The Morgan fingerprint density at radius 1 is 1.48 bits per heavy atom. The zero-order valence-electron chi connectivity index (χ0n) is 12.5. The summed E-state index contributed by atoms with van der Waals surface area (Å²) in [4.78, 5) is 8.45. The highest BCUT2D eigenvalue weighted by Gasteiger charge is 2.15. The number of nitrogens with one attached hydrogen (secondary N) is 2. The molecule has 0 bridgehead atoms. The van der Waals surface area contributed by atoms with E-state index in [0.717, 1.165) is 50.9 Å². The van der Waals surface area contributed by atoms with E-state index in [1.807, 2.05) is 18.2 Å². The summed E-state index contributed by atoms with van der Waals surface area (Å²) in [6.07, 6.45) is 4.03. The summed E-state index contributed by atoms with van der Waals surface area (Å²) < 4.78 is 11.0. The van der Waals surface area contributed by atoms with Gasteiger partial charge in [-0.15, -0.1) is 0 Å². The van der Waals surface area contributed by atoms with Gasteiger partial charge in [-0.3, -0.25) is 9.98 Å². The van der Waals surface area contributed by atoms with Crippen LogP contribution in [0.4, 0.5) is 0 Å². The molecule has 0 saturated carbocycles. The van der Waals surface area contributed by atoms with Crippen LogP contribution >= 0.6 is 0 Å². The fraction of sp³-hybridized carbons (Fsp3) is 0.600. The third kappa shape index (κ3) is 6.10. The molecule has 1 unspecified atom stereocenters. The van der Waals surface area contributed by atoms with E-state index in [0.29, 0.717) is 6.54 Å². The lowest BCUT2D eigenvalue weighted by Crippen LogP contribution is -2.37. The Balaban J connectivity index is 1.55. The van der Waals surface area contributed by atoms with Gasteiger partial charge in [0.1, 0.15) is 0 Å². The zero-order chi connectivity index (χ0) is 14.8. The van der Waals surface area contributed by atoms with Crippen molar-refractivity contribution in [2.24, 2.45) is 4.99 Å². The summed E-state index contributed by atoms with van der Waals surface area (Å²) in [7, 11) is 1.76. The Bertz CT molecular complexity index is 419. The molecule has 1 aliphatic rings. The third-order valence-corrected chi connectivity index (χ3v) is 3.24. The summed E-state index contributed by atoms with van der Waals surface area (Å²) in [5.41, 5.74) is 0.991. The monoisotopic (exact) mass is 292 g/mol. The second kappa shape index (κ2) is 9.31. The molecule has 1 fully saturated rings. The van der Waals surface area contributed by atoms with E-state index in [1.54, 1.807) is 13.2 Å². The van der Waals surface area contributed by atoms with Crippen molar-refractivity contribution in [1.82, 2.24) is 15.6 Å². The first-order valence-electron chi connectivity index (χ1n) is 7.42. The fourth-order valence-electron chi connectivity index (χ4n) is 2.07. The van der Waals surface area contributed by atoms with Crippen LogP contribution in [0.2, 0.25) is 0 Å². The second-order valence-electron chi connectivity index (χ2n) is 4.88. The molecule has 1 aromatic heterocycles. The normalized spacial score (nSPS) is 18.7. The van der Waals surface area contributed by atoms with E-state index in [-0.39, 0.29) is 6.10 Å². The number of rotatable bonds is 7. The molecular formula is C15H24N4O2. The van der Waals surface area contributed by atoms with Crippen molar-refractivity contribution in [2.45, 2.75) is 25.5 Å². The number of aromatic nitrogens is 1. The van der Waals surface area contributed by atoms with E-state index in [2.05, 4.69) is 20.6 Å². The maximum atomic E-state index is 5.71. The minimum Gasteiger partial charge on any atom is -0.379 e. The molecule has 1 aliphatic heterocycles. The van der Waals surface area contributed by atoms with Crippen molar-refractivity contribution >= 4 is 5.96 Å². The number of hydrogen-bond acceptors (Lipinski definition) is 4. The minimum absolute atomic E-state index is 0.284. The van der Waals surface area contributed by atoms with Gasteiger partial charge in [-0.2, -0.15) is 0 Å². The summed E-state index contributed by atoms with van der Waals surface area (Å²) in [5.74, 6) is 0.782. The highest BCUT2D eigenvalue weighted by Crippen LogP contribution is 2.07. The van der Waals surface area contributed by atoms with Crippen LogP contribution in [0, 0.1) is 0 Å². The molecule has 21 heavy (non-hydrogen) atoms. The average Bonchev–Trinajstić information content (AvgIpc) is 3.04. The molecule has 6 nitrogen and oxygen atoms in total. The number of nitrogens with zero attached hydrogens (tertiary/aromatic N) is 2. The highest BCUT2D eigenvalue weighted by molar-refractivity contribution is 5.79. The molecule has 1 aromatic rings. The molecule has 0 aromatic carbocycles. The molecule has 1 atom stereocenters. The number of ether oxygens (including phenoxy) is 2. The maximum Gasteiger partial charge on any atom is 0.191 e. The van der Waals surface area contributed by atoms with Crippen molar-refractivity contribution in [1.29, 1.82) is 0 Å². The molecule has 0 amide bonds. The topological polar surface area (TPSA) is 67.8 Å². The SMILES string of the molecule is CN=C(NCCCOC1CCOC1)NCc1ccccn1. The molecule has 2 heterocycles. The Morgan fingerprint density at radius 2 is 2.43 bits per heavy atom. The molecule has 6 heteroatoms. The Morgan fingerprint density at radius 3 is 3.14 bits per heavy atom. The number of guanidine groups is 1. The first-order valence-corrected chi connectivity index (χ1v) is 7.42. The molecule has 2 rings (SSSR count). The summed E-state index contributed by atoms with van der Waals surface area (Å²) in [5, 5.41) is 6.50. The molecule has 2 N–H and O–H groups in total. The smallest absolute Gasteiger partial charge is 0.191 e. The van der Waals surface area contributed by atoms with Crippen LogP contribution in [0.3, 0.4) is 0 Å². The second-order valence-corrected chi connectivity index (χ2v) is 4.88. The maximum absolute atomic E-state index is 5.71. The summed E-state index contributed by atoms with van der Waals surface area (Å²) >= 11 is 0.